The smallest absolute Gasteiger partial charge is 0.410 e. The van der Waals surface area contributed by atoms with Gasteiger partial charge in [0.15, 0.2) is 0 Å². The number of aliphatic hydroxyl groups is 1. The van der Waals surface area contributed by atoms with Crippen molar-refractivity contribution in [2.45, 2.75) is 84.1 Å². The van der Waals surface area contributed by atoms with Gasteiger partial charge >= 0.3 is 6.09 Å². The fraction of sp³-hybridized carbons (Fsp3) is 0.875. The number of rotatable bonds is 5. The van der Waals surface area contributed by atoms with Gasteiger partial charge in [0.05, 0.1) is 12.1 Å². The van der Waals surface area contributed by atoms with Gasteiger partial charge in [-0.1, -0.05) is 13.3 Å². The van der Waals surface area contributed by atoms with E-state index in [1.807, 2.05) is 6.92 Å². The standard InChI is InChI=1S/C16H30N2O4/c1-6-8-12(11(2)19)17-14(20)13-9-7-10-18(13)15(21)22-16(3,4)5/h11-13,19H,6-10H2,1-5H3,(H,17,20)/t11?,12-,13?/m0/s1. The number of likely N-dealkylation sites (tertiary alicyclic amines) is 1. The van der Waals surface area contributed by atoms with Crippen LogP contribution >= 0.6 is 0 Å². The topological polar surface area (TPSA) is 78.9 Å². The molecule has 1 saturated heterocycles. The Kier molecular flexibility index (Phi) is 6.66. The van der Waals surface area contributed by atoms with Gasteiger partial charge in [-0.2, -0.15) is 0 Å². The lowest BCUT2D eigenvalue weighted by atomic mass is 10.1. The molecule has 0 bridgehead atoms. The molecule has 3 atom stereocenters. The zero-order valence-corrected chi connectivity index (χ0v) is 14.4. The summed E-state index contributed by atoms with van der Waals surface area (Å²) in [5, 5.41) is 12.6. The Morgan fingerprint density at radius 2 is 2.05 bits per heavy atom. The molecule has 1 heterocycles. The number of nitrogens with one attached hydrogen (secondary N) is 1. The normalized spacial score (nSPS) is 21.4. The predicted octanol–water partition coefficient (Wildman–Crippen LogP) is 2.05. The average molecular weight is 314 g/mol. The van der Waals surface area contributed by atoms with Crippen molar-refractivity contribution in [2.75, 3.05) is 6.54 Å². The number of hydrogen-bond donors (Lipinski definition) is 2. The van der Waals surface area contributed by atoms with Crippen LogP contribution in [0.2, 0.25) is 0 Å². The van der Waals surface area contributed by atoms with Crippen molar-refractivity contribution in [1.29, 1.82) is 0 Å². The van der Waals surface area contributed by atoms with Crippen molar-refractivity contribution >= 4 is 12.0 Å². The summed E-state index contributed by atoms with van der Waals surface area (Å²) in [4.78, 5) is 26.1. The molecule has 1 aliphatic rings. The maximum Gasteiger partial charge on any atom is 0.410 e. The molecule has 22 heavy (non-hydrogen) atoms. The van der Waals surface area contributed by atoms with Crippen molar-refractivity contribution in [3.8, 4) is 0 Å². The highest BCUT2D eigenvalue weighted by molar-refractivity contribution is 5.86. The number of ether oxygens (including phenoxy) is 1. The lowest BCUT2D eigenvalue weighted by Gasteiger charge is -2.29. The Morgan fingerprint density at radius 3 is 2.55 bits per heavy atom. The van der Waals surface area contributed by atoms with E-state index in [1.165, 1.54) is 4.90 Å². The second kappa shape index (κ2) is 7.81. The summed E-state index contributed by atoms with van der Waals surface area (Å²) in [6.45, 7) is 9.62. The molecule has 2 amide bonds. The van der Waals surface area contributed by atoms with Crippen LogP contribution in [0.25, 0.3) is 0 Å². The molecule has 128 valence electrons. The molecule has 0 aliphatic carbocycles. The minimum absolute atomic E-state index is 0.206. The van der Waals surface area contributed by atoms with Crippen molar-refractivity contribution in [1.82, 2.24) is 10.2 Å². The maximum atomic E-state index is 12.4. The number of carbonyl (C=O) groups is 2. The van der Waals surface area contributed by atoms with E-state index in [1.54, 1.807) is 27.7 Å². The van der Waals surface area contributed by atoms with Crippen LogP contribution < -0.4 is 5.32 Å². The van der Waals surface area contributed by atoms with E-state index in [2.05, 4.69) is 5.32 Å². The molecule has 2 unspecified atom stereocenters. The van der Waals surface area contributed by atoms with Gasteiger partial charge in [0.1, 0.15) is 11.6 Å². The third-order valence-corrected chi connectivity index (χ3v) is 3.69. The van der Waals surface area contributed by atoms with Crippen molar-refractivity contribution in [2.24, 2.45) is 0 Å². The van der Waals surface area contributed by atoms with Crippen LogP contribution in [0.15, 0.2) is 0 Å². The Morgan fingerprint density at radius 1 is 1.41 bits per heavy atom. The monoisotopic (exact) mass is 314 g/mol. The number of nitrogens with zero attached hydrogens (tertiary/aromatic N) is 1. The summed E-state index contributed by atoms with van der Waals surface area (Å²) in [6.07, 6.45) is 1.93. The number of hydrogen-bond acceptors (Lipinski definition) is 4. The highest BCUT2D eigenvalue weighted by Gasteiger charge is 2.37. The molecule has 0 aromatic carbocycles. The molecule has 0 spiro atoms. The van der Waals surface area contributed by atoms with Gasteiger partial charge in [-0.3, -0.25) is 9.69 Å². The third-order valence-electron chi connectivity index (χ3n) is 3.69. The zero-order chi connectivity index (χ0) is 16.9. The highest BCUT2D eigenvalue weighted by Crippen LogP contribution is 2.21. The Labute approximate surface area is 133 Å². The summed E-state index contributed by atoms with van der Waals surface area (Å²) in [5.74, 6) is -0.206. The third kappa shape index (κ3) is 5.48. The van der Waals surface area contributed by atoms with Gasteiger partial charge in [0.2, 0.25) is 5.91 Å². The summed E-state index contributed by atoms with van der Waals surface area (Å²) in [7, 11) is 0. The van der Waals surface area contributed by atoms with Crippen LogP contribution in [-0.4, -0.2) is 52.3 Å². The summed E-state index contributed by atoms with van der Waals surface area (Å²) < 4.78 is 5.36. The average Bonchev–Trinajstić information content (AvgIpc) is 2.85. The van der Waals surface area contributed by atoms with E-state index in [-0.39, 0.29) is 11.9 Å². The first-order valence-corrected chi connectivity index (χ1v) is 8.13. The fourth-order valence-electron chi connectivity index (χ4n) is 2.60. The molecule has 6 nitrogen and oxygen atoms in total. The number of aliphatic hydroxyl groups excluding tert-OH is 1. The molecule has 0 saturated carbocycles. The van der Waals surface area contributed by atoms with Crippen molar-refractivity contribution < 1.29 is 19.4 Å². The summed E-state index contributed by atoms with van der Waals surface area (Å²) in [5.41, 5.74) is -0.578. The Hall–Kier alpha value is -1.30. The van der Waals surface area contributed by atoms with Gasteiger partial charge in [-0.15, -0.1) is 0 Å². The molecule has 2 N–H and O–H groups in total. The number of carbonyl (C=O) groups excluding carboxylic acids is 2. The van der Waals surface area contributed by atoms with Crippen LogP contribution in [0.4, 0.5) is 4.79 Å². The van der Waals surface area contributed by atoms with Crippen molar-refractivity contribution in [3.63, 3.8) is 0 Å². The first-order valence-electron chi connectivity index (χ1n) is 8.13. The van der Waals surface area contributed by atoms with Gasteiger partial charge in [-0.25, -0.2) is 4.79 Å². The van der Waals surface area contributed by atoms with E-state index < -0.39 is 23.8 Å². The largest absolute Gasteiger partial charge is 0.444 e. The molecular formula is C16H30N2O4. The molecule has 1 rings (SSSR count). The summed E-state index contributed by atoms with van der Waals surface area (Å²) in [6, 6.07) is -0.786. The molecule has 1 fully saturated rings. The highest BCUT2D eigenvalue weighted by atomic mass is 16.6. The Bertz CT molecular complexity index is 390. The second-order valence-corrected chi connectivity index (χ2v) is 6.98. The molecule has 6 heteroatoms. The van der Waals surface area contributed by atoms with Gasteiger partial charge in [0, 0.05) is 6.54 Å². The van der Waals surface area contributed by atoms with Gasteiger partial charge < -0.3 is 15.2 Å². The van der Waals surface area contributed by atoms with E-state index in [4.69, 9.17) is 4.74 Å². The lowest BCUT2D eigenvalue weighted by molar-refractivity contribution is -0.127. The molecule has 0 aromatic heterocycles. The lowest BCUT2D eigenvalue weighted by Crippen LogP contribution is -2.52. The van der Waals surface area contributed by atoms with E-state index in [0.29, 0.717) is 19.4 Å². The van der Waals surface area contributed by atoms with Crippen molar-refractivity contribution in [3.05, 3.63) is 0 Å². The van der Waals surface area contributed by atoms with Crippen LogP contribution in [0.3, 0.4) is 0 Å². The SMILES string of the molecule is CCC[C@H](NC(=O)C1CCCN1C(=O)OC(C)(C)C)C(C)O. The van der Waals surface area contributed by atoms with Crippen LogP contribution in [0.1, 0.15) is 60.3 Å². The molecule has 0 aromatic rings. The molecule has 1 aliphatic heterocycles. The van der Waals surface area contributed by atoms with E-state index >= 15 is 0 Å². The minimum Gasteiger partial charge on any atom is -0.444 e. The van der Waals surface area contributed by atoms with E-state index in [0.717, 1.165) is 12.8 Å². The Balaban J connectivity index is 2.69. The van der Waals surface area contributed by atoms with Crippen LogP contribution in [0.5, 0.6) is 0 Å². The second-order valence-electron chi connectivity index (χ2n) is 6.98. The van der Waals surface area contributed by atoms with Crippen LogP contribution in [-0.2, 0) is 9.53 Å². The van der Waals surface area contributed by atoms with E-state index in [9.17, 15) is 14.7 Å². The molecular weight excluding hydrogens is 284 g/mol. The minimum atomic E-state index is -0.611. The first kappa shape index (κ1) is 18.7. The van der Waals surface area contributed by atoms with Gasteiger partial charge in [-0.05, 0) is 47.0 Å². The fourth-order valence-corrected chi connectivity index (χ4v) is 2.60. The first-order chi connectivity index (χ1) is 10.2. The summed E-state index contributed by atoms with van der Waals surface area (Å²) >= 11 is 0. The molecule has 0 radical (unpaired) electrons. The van der Waals surface area contributed by atoms with Crippen LogP contribution in [0, 0.1) is 0 Å². The predicted molar refractivity (Wildman–Crippen MR) is 84.5 cm³/mol. The zero-order valence-electron chi connectivity index (χ0n) is 14.4. The number of amides is 2. The van der Waals surface area contributed by atoms with Gasteiger partial charge in [0.25, 0.3) is 0 Å². The quantitative estimate of drug-likeness (QED) is 0.814. The maximum absolute atomic E-state index is 12.4.